The fourth-order valence-electron chi connectivity index (χ4n) is 2.16. The van der Waals surface area contributed by atoms with E-state index in [0.29, 0.717) is 18.3 Å². The van der Waals surface area contributed by atoms with Gasteiger partial charge in [-0.2, -0.15) is 0 Å². The Morgan fingerprint density at radius 2 is 2.25 bits per heavy atom. The lowest BCUT2D eigenvalue weighted by molar-refractivity contribution is 0.0726. The van der Waals surface area contributed by atoms with Gasteiger partial charge in [-0.25, -0.2) is 4.98 Å². The minimum atomic E-state index is 0.0259. The zero-order valence-corrected chi connectivity index (χ0v) is 12.2. The molecule has 1 N–H and O–H groups in total. The van der Waals surface area contributed by atoms with E-state index in [1.807, 2.05) is 28.5 Å². The summed E-state index contributed by atoms with van der Waals surface area (Å²) in [6.45, 7) is 0.687. The first-order chi connectivity index (χ1) is 9.78. The van der Waals surface area contributed by atoms with Crippen LogP contribution >= 0.6 is 11.3 Å². The normalized spacial score (nSPS) is 14.1. The van der Waals surface area contributed by atoms with Crippen molar-refractivity contribution in [1.29, 1.82) is 0 Å². The van der Waals surface area contributed by atoms with Crippen LogP contribution in [0.4, 0.5) is 5.82 Å². The average Bonchev–Trinajstić information content (AvgIpc) is 3.20. The van der Waals surface area contributed by atoms with E-state index in [9.17, 15) is 4.79 Å². The van der Waals surface area contributed by atoms with Crippen molar-refractivity contribution >= 4 is 23.1 Å². The number of amides is 1. The van der Waals surface area contributed by atoms with Gasteiger partial charge in [0.05, 0.1) is 6.54 Å². The van der Waals surface area contributed by atoms with Crippen molar-refractivity contribution in [2.45, 2.75) is 25.4 Å². The molecular formula is C15H17N3OS. The highest BCUT2D eigenvalue weighted by atomic mass is 32.1. The Hall–Kier alpha value is -1.88. The molecule has 104 valence electrons. The summed E-state index contributed by atoms with van der Waals surface area (Å²) in [5.74, 6) is 0.751. The molecule has 1 aliphatic rings. The van der Waals surface area contributed by atoms with E-state index < -0.39 is 0 Å². The van der Waals surface area contributed by atoms with E-state index in [-0.39, 0.29) is 5.91 Å². The molecule has 2 aromatic rings. The van der Waals surface area contributed by atoms with Gasteiger partial charge >= 0.3 is 0 Å². The first-order valence-electron chi connectivity index (χ1n) is 6.76. The molecule has 1 amide bonds. The van der Waals surface area contributed by atoms with Crippen molar-refractivity contribution in [2.24, 2.45) is 0 Å². The number of hydrogen-bond acceptors (Lipinski definition) is 4. The van der Waals surface area contributed by atoms with Crippen molar-refractivity contribution < 1.29 is 4.79 Å². The topological polar surface area (TPSA) is 45.2 Å². The minimum Gasteiger partial charge on any atom is -0.373 e. The highest BCUT2D eigenvalue weighted by molar-refractivity contribution is 7.09. The standard InChI is InChI=1S/C15H17N3OS/c1-16-14-6-2-5-13(17-14)15(19)18(11-7-8-11)10-12-4-3-9-20-12/h2-6,9,11H,7-8,10H2,1H3,(H,16,17). The summed E-state index contributed by atoms with van der Waals surface area (Å²) in [6, 6.07) is 9.98. The van der Waals surface area contributed by atoms with E-state index >= 15 is 0 Å². The van der Waals surface area contributed by atoms with Crippen LogP contribution in [-0.2, 0) is 6.54 Å². The smallest absolute Gasteiger partial charge is 0.273 e. The number of nitrogens with one attached hydrogen (secondary N) is 1. The van der Waals surface area contributed by atoms with Gasteiger partial charge in [-0.3, -0.25) is 4.79 Å². The molecule has 0 saturated heterocycles. The summed E-state index contributed by atoms with van der Waals surface area (Å²) < 4.78 is 0. The molecule has 0 unspecified atom stereocenters. The molecule has 0 aliphatic heterocycles. The number of pyridine rings is 1. The monoisotopic (exact) mass is 287 g/mol. The second-order valence-electron chi connectivity index (χ2n) is 4.90. The number of anilines is 1. The molecule has 0 atom stereocenters. The number of carbonyl (C=O) groups excluding carboxylic acids is 1. The Morgan fingerprint density at radius 1 is 1.40 bits per heavy atom. The van der Waals surface area contributed by atoms with Crippen LogP contribution in [0.3, 0.4) is 0 Å². The van der Waals surface area contributed by atoms with Crippen molar-refractivity contribution in [3.05, 3.63) is 46.3 Å². The molecular weight excluding hydrogens is 270 g/mol. The predicted molar refractivity (Wildman–Crippen MR) is 81.0 cm³/mol. The fourth-order valence-corrected chi connectivity index (χ4v) is 2.87. The maximum absolute atomic E-state index is 12.7. The van der Waals surface area contributed by atoms with Gasteiger partial charge in [-0.15, -0.1) is 11.3 Å². The maximum Gasteiger partial charge on any atom is 0.273 e. The lowest BCUT2D eigenvalue weighted by atomic mass is 10.3. The molecule has 1 fully saturated rings. The summed E-state index contributed by atoms with van der Waals surface area (Å²) in [5.41, 5.74) is 0.514. The summed E-state index contributed by atoms with van der Waals surface area (Å²) >= 11 is 1.69. The molecule has 2 heterocycles. The Morgan fingerprint density at radius 3 is 2.90 bits per heavy atom. The Kier molecular flexibility index (Phi) is 3.69. The van der Waals surface area contributed by atoms with E-state index in [0.717, 1.165) is 18.7 Å². The maximum atomic E-state index is 12.7. The van der Waals surface area contributed by atoms with Gasteiger partial charge in [0.15, 0.2) is 0 Å². The first kappa shape index (κ1) is 13.1. The molecule has 2 aromatic heterocycles. The number of nitrogens with zero attached hydrogens (tertiary/aromatic N) is 2. The first-order valence-corrected chi connectivity index (χ1v) is 7.64. The van der Waals surface area contributed by atoms with Crippen molar-refractivity contribution in [2.75, 3.05) is 12.4 Å². The largest absolute Gasteiger partial charge is 0.373 e. The summed E-state index contributed by atoms with van der Waals surface area (Å²) in [5, 5.41) is 5.02. The third-order valence-electron chi connectivity index (χ3n) is 3.38. The summed E-state index contributed by atoms with van der Waals surface area (Å²) in [6.07, 6.45) is 2.20. The zero-order chi connectivity index (χ0) is 13.9. The van der Waals surface area contributed by atoms with Crippen molar-refractivity contribution in [3.63, 3.8) is 0 Å². The second-order valence-corrected chi connectivity index (χ2v) is 5.93. The molecule has 0 bridgehead atoms. The van der Waals surface area contributed by atoms with Crippen LogP contribution < -0.4 is 5.32 Å². The highest BCUT2D eigenvalue weighted by Crippen LogP contribution is 2.30. The molecule has 1 aliphatic carbocycles. The molecule has 0 radical (unpaired) electrons. The van der Waals surface area contributed by atoms with E-state index in [2.05, 4.69) is 16.4 Å². The van der Waals surface area contributed by atoms with Crippen molar-refractivity contribution in [1.82, 2.24) is 9.88 Å². The van der Waals surface area contributed by atoms with Gasteiger partial charge in [0.1, 0.15) is 11.5 Å². The lowest BCUT2D eigenvalue weighted by Gasteiger charge is -2.21. The molecule has 5 heteroatoms. The average molecular weight is 287 g/mol. The molecule has 4 nitrogen and oxygen atoms in total. The van der Waals surface area contributed by atoms with Gasteiger partial charge in [0.2, 0.25) is 0 Å². The fraction of sp³-hybridized carbons (Fsp3) is 0.333. The molecule has 3 rings (SSSR count). The second kappa shape index (κ2) is 5.63. The van der Waals surface area contributed by atoms with Crippen LogP contribution in [0.15, 0.2) is 35.7 Å². The van der Waals surface area contributed by atoms with Crippen LogP contribution in [-0.4, -0.2) is 28.9 Å². The molecule has 0 aromatic carbocycles. The number of aromatic nitrogens is 1. The third kappa shape index (κ3) is 2.82. The third-order valence-corrected chi connectivity index (χ3v) is 4.24. The minimum absolute atomic E-state index is 0.0259. The molecule has 0 spiro atoms. The zero-order valence-electron chi connectivity index (χ0n) is 11.4. The number of hydrogen-bond donors (Lipinski definition) is 1. The van der Waals surface area contributed by atoms with Crippen LogP contribution in [0, 0.1) is 0 Å². The van der Waals surface area contributed by atoms with Crippen molar-refractivity contribution in [3.8, 4) is 0 Å². The van der Waals surface area contributed by atoms with Crippen LogP contribution in [0.5, 0.6) is 0 Å². The SMILES string of the molecule is CNc1cccc(C(=O)N(Cc2cccs2)C2CC2)n1. The predicted octanol–water partition coefficient (Wildman–Crippen LogP) is 2.99. The molecule has 20 heavy (non-hydrogen) atoms. The Labute approximate surface area is 122 Å². The van der Waals surface area contributed by atoms with E-state index in [1.54, 1.807) is 24.5 Å². The van der Waals surface area contributed by atoms with E-state index in [1.165, 1.54) is 4.88 Å². The number of thiophene rings is 1. The van der Waals surface area contributed by atoms with E-state index in [4.69, 9.17) is 0 Å². The summed E-state index contributed by atoms with van der Waals surface area (Å²) in [4.78, 5) is 20.2. The van der Waals surface area contributed by atoms with Gasteiger partial charge < -0.3 is 10.2 Å². The van der Waals surface area contributed by atoms with Gasteiger partial charge in [-0.1, -0.05) is 12.1 Å². The van der Waals surface area contributed by atoms with Crippen LogP contribution in [0.25, 0.3) is 0 Å². The quantitative estimate of drug-likeness (QED) is 0.919. The summed E-state index contributed by atoms with van der Waals surface area (Å²) in [7, 11) is 1.81. The number of rotatable bonds is 5. The lowest BCUT2D eigenvalue weighted by Crippen LogP contribution is -2.33. The van der Waals surface area contributed by atoms with Gasteiger partial charge in [-0.05, 0) is 36.4 Å². The van der Waals surface area contributed by atoms with Crippen LogP contribution in [0.2, 0.25) is 0 Å². The van der Waals surface area contributed by atoms with Crippen LogP contribution in [0.1, 0.15) is 28.2 Å². The Bertz CT molecular complexity index is 593. The Balaban J connectivity index is 1.81. The molecule has 1 saturated carbocycles. The van der Waals surface area contributed by atoms with Gasteiger partial charge in [0.25, 0.3) is 5.91 Å². The number of carbonyl (C=O) groups is 1. The van der Waals surface area contributed by atoms with Gasteiger partial charge in [0, 0.05) is 18.0 Å². The highest BCUT2D eigenvalue weighted by Gasteiger charge is 2.33.